The first-order chi connectivity index (χ1) is 13.7. The molecule has 2 atom stereocenters. The average Bonchev–Trinajstić information content (AvgIpc) is 3.27. The molecule has 1 aromatic carbocycles. The van der Waals surface area contributed by atoms with Crippen LogP contribution >= 0.6 is 0 Å². The summed E-state index contributed by atoms with van der Waals surface area (Å²) in [6.45, 7) is 5.32. The largest absolute Gasteiger partial charge is 0.480 e. The van der Waals surface area contributed by atoms with Gasteiger partial charge in [-0.1, -0.05) is 0 Å². The van der Waals surface area contributed by atoms with Gasteiger partial charge in [0.2, 0.25) is 5.88 Å². The highest BCUT2D eigenvalue weighted by Gasteiger charge is 2.43. The molecule has 0 aliphatic carbocycles. The number of nitrogens with zero attached hydrogens (tertiary/aromatic N) is 2. The number of likely N-dealkylation sites (tertiary alicyclic amines) is 1. The second-order valence-electron chi connectivity index (χ2n) is 8.07. The lowest BCUT2D eigenvalue weighted by atomic mass is 10.1. The topological polar surface area (TPSA) is 102 Å². The zero-order valence-electron chi connectivity index (χ0n) is 16.4. The number of furan rings is 1. The minimum atomic E-state index is -1.09. The third-order valence-electron chi connectivity index (χ3n) is 4.79. The molecule has 0 bridgehead atoms. The predicted molar refractivity (Wildman–Crippen MR) is 105 cm³/mol. The molecular weight excluding hydrogens is 376 g/mol. The molecular formula is C21H22N2O6. The summed E-state index contributed by atoms with van der Waals surface area (Å²) < 4.78 is 16.8. The van der Waals surface area contributed by atoms with Crippen molar-refractivity contribution in [2.75, 3.05) is 6.54 Å². The molecule has 8 nitrogen and oxygen atoms in total. The zero-order chi connectivity index (χ0) is 20.8. The fourth-order valence-electron chi connectivity index (χ4n) is 3.57. The van der Waals surface area contributed by atoms with Gasteiger partial charge in [0.25, 0.3) is 0 Å². The van der Waals surface area contributed by atoms with Gasteiger partial charge < -0.3 is 19.0 Å². The summed E-state index contributed by atoms with van der Waals surface area (Å²) in [5.74, 6) is -0.696. The highest BCUT2D eigenvalue weighted by atomic mass is 16.6. The predicted octanol–water partition coefficient (Wildman–Crippen LogP) is 3.82. The standard InChI is InChI=1S/C21H22N2O6/c1-21(2,3)29-20(26)23-11-12(10-16(23)19(24)25)28-18-15-4-5-17-14(7-9-27-17)13(15)6-8-22-18/h4-9,12,16H,10-11H2,1-3H3,(H,24,25)/t12-,16+/m1/s1. The Kier molecular flexibility index (Phi) is 4.56. The van der Waals surface area contributed by atoms with E-state index in [1.54, 1.807) is 33.2 Å². The van der Waals surface area contributed by atoms with Crippen LogP contribution in [-0.4, -0.2) is 51.3 Å². The van der Waals surface area contributed by atoms with E-state index in [2.05, 4.69) is 4.98 Å². The third-order valence-corrected chi connectivity index (χ3v) is 4.79. The van der Waals surface area contributed by atoms with E-state index >= 15 is 0 Å². The minimum Gasteiger partial charge on any atom is -0.480 e. The molecule has 1 fully saturated rings. The van der Waals surface area contributed by atoms with Crippen LogP contribution in [0.3, 0.4) is 0 Å². The van der Waals surface area contributed by atoms with Crippen molar-refractivity contribution in [3.63, 3.8) is 0 Å². The number of carboxylic acid groups (broad SMARTS) is 1. The van der Waals surface area contributed by atoms with Gasteiger partial charge in [-0.25, -0.2) is 14.6 Å². The molecule has 1 N–H and O–H groups in total. The van der Waals surface area contributed by atoms with Crippen LogP contribution in [-0.2, 0) is 9.53 Å². The average molecular weight is 398 g/mol. The van der Waals surface area contributed by atoms with E-state index in [-0.39, 0.29) is 13.0 Å². The van der Waals surface area contributed by atoms with E-state index in [9.17, 15) is 14.7 Å². The van der Waals surface area contributed by atoms with Crippen molar-refractivity contribution in [3.05, 3.63) is 36.7 Å². The van der Waals surface area contributed by atoms with Gasteiger partial charge >= 0.3 is 12.1 Å². The molecule has 4 rings (SSSR count). The molecule has 1 saturated heterocycles. The summed E-state index contributed by atoms with van der Waals surface area (Å²) in [4.78, 5) is 29.7. The summed E-state index contributed by atoms with van der Waals surface area (Å²) in [7, 11) is 0. The molecule has 3 aromatic rings. The number of fused-ring (bicyclic) bond motifs is 3. The monoisotopic (exact) mass is 398 g/mol. The van der Waals surface area contributed by atoms with Crippen LogP contribution < -0.4 is 4.74 Å². The molecule has 3 heterocycles. The first-order valence-corrected chi connectivity index (χ1v) is 9.37. The van der Waals surface area contributed by atoms with Gasteiger partial charge in [-0.3, -0.25) is 4.90 Å². The molecule has 1 amide bonds. The van der Waals surface area contributed by atoms with Crippen molar-refractivity contribution >= 4 is 33.8 Å². The molecule has 29 heavy (non-hydrogen) atoms. The van der Waals surface area contributed by atoms with Gasteiger partial charge in [0.05, 0.1) is 12.8 Å². The maximum atomic E-state index is 12.5. The number of amides is 1. The molecule has 8 heteroatoms. The van der Waals surface area contributed by atoms with Crippen LogP contribution in [0.5, 0.6) is 5.88 Å². The fraction of sp³-hybridized carbons (Fsp3) is 0.381. The molecule has 0 radical (unpaired) electrons. The van der Waals surface area contributed by atoms with E-state index in [1.807, 2.05) is 24.3 Å². The van der Waals surface area contributed by atoms with Crippen LogP contribution in [0.25, 0.3) is 21.7 Å². The number of carbonyl (C=O) groups excluding carboxylic acids is 1. The highest BCUT2D eigenvalue weighted by Crippen LogP contribution is 2.32. The van der Waals surface area contributed by atoms with E-state index in [0.29, 0.717) is 5.88 Å². The van der Waals surface area contributed by atoms with Crippen molar-refractivity contribution in [2.45, 2.75) is 44.9 Å². The molecule has 152 valence electrons. The Balaban J connectivity index is 1.60. The van der Waals surface area contributed by atoms with Crippen LogP contribution in [0.15, 0.2) is 41.1 Å². The number of aliphatic carboxylic acids is 1. The molecule has 0 unspecified atom stereocenters. The smallest absolute Gasteiger partial charge is 0.411 e. The quantitative estimate of drug-likeness (QED) is 0.715. The molecule has 0 spiro atoms. The van der Waals surface area contributed by atoms with E-state index < -0.39 is 29.8 Å². The van der Waals surface area contributed by atoms with Gasteiger partial charge in [0, 0.05) is 23.4 Å². The first-order valence-electron chi connectivity index (χ1n) is 9.37. The Morgan fingerprint density at radius 2 is 1.97 bits per heavy atom. The first kappa shape index (κ1) is 19.0. The fourth-order valence-corrected chi connectivity index (χ4v) is 3.57. The number of hydrogen-bond acceptors (Lipinski definition) is 6. The van der Waals surface area contributed by atoms with Gasteiger partial charge in [0.1, 0.15) is 23.3 Å². The lowest BCUT2D eigenvalue weighted by Crippen LogP contribution is -2.43. The summed E-state index contributed by atoms with van der Waals surface area (Å²) in [6, 6.07) is 6.45. The van der Waals surface area contributed by atoms with Crippen molar-refractivity contribution in [1.82, 2.24) is 9.88 Å². The Morgan fingerprint density at radius 1 is 1.17 bits per heavy atom. The van der Waals surface area contributed by atoms with Gasteiger partial charge in [-0.15, -0.1) is 0 Å². The second-order valence-corrected chi connectivity index (χ2v) is 8.07. The number of rotatable bonds is 3. The normalized spacial score (nSPS) is 19.6. The van der Waals surface area contributed by atoms with Crippen molar-refractivity contribution < 1.29 is 28.6 Å². The second kappa shape index (κ2) is 6.95. The van der Waals surface area contributed by atoms with Crippen LogP contribution in [0.4, 0.5) is 4.79 Å². The van der Waals surface area contributed by atoms with Gasteiger partial charge in [-0.05, 0) is 50.4 Å². The van der Waals surface area contributed by atoms with Crippen LogP contribution in [0, 0.1) is 0 Å². The van der Waals surface area contributed by atoms with E-state index in [0.717, 1.165) is 21.7 Å². The number of aromatic nitrogens is 1. The number of carboxylic acids is 1. The Labute approximate surface area is 167 Å². The van der Waals surface area contributed by atoms with Crippen LogP contribution in [0.1, 0.15) is 27.2 Å². The summed E-state index contributed by atoms with van der Waals surface area (Å²) in [5.41, 5.74) is 0.0456. The number of ether oxygens (including phenoxy) is 2. The number of hydrogen-bond donors (Lipinski definition) is 1. The highest BCUT2D eigenvalue weighted by molar-refractivity contribution is 6.07. The summed E-state index contributed by atoms with van der Waals surface area (Å²) in [5, 5.41) is 12.2. The maximum absolute atomic E-state index is 12.5. The van der Waals surface area contributed by atoms with Crippen molar-refractivity contribution in [1.29, 1.82) is 0 Å². The third kappa shape index (κ3) is 3.70. The van der Waals surface area contributed by atoms with Gasteiger partial charge in [-0.2, -0.15) is 0 Å². The lowest BCUT2D eigenvalue weighted by Gasteiger charge is -2.26. The summed E-state index contributed by atoms with van der Waals surface area (Å²) >= 11 is 0. The maximum Gasteiger partial charge on any atom is 0.411 e. The molecule has 1 aliphatic heterocycles. The Bertz CT molecular complexity index is 1080. The number of carbonyl (C=O) groups is 2. The molecule has 1 aliphatic rings. The minimum absolute atomic E-state index is 0.109. The summed E-state index contributed by atoms with van der Waals surface area (Å²) in [6.07, 6.45) is 2.24. The molecule has 0 saturated carbocycles. The Hall–Kier alpha value is -3.29. The lowest BCUT2D eigenvalue weighted by molar-refractivity contribution is -0.142. The van der Waals surface area contributed by atoms with Crippen molar-refractivity contribution in [3.8, 4) is 5.88 Å². The SMILES string of the molecule is CC(C)(C)OC(=O)N1C[C@H](Oc2nccc3c2ccc2occc23)C[C@H]1C(=O)O. The van der Waals surface area contributed by atoms with E-state index in [4.69, 9.17) is 13.9 Å². The molecule has 2 aromatic heterocycles. The van der Waals surface area contributed by atoms with E-state index in [1.165, 1.54) is 4.90 Å². The Morgan fingerprint density at radius 3 is 2.69 bits per heavy atom. The van der Waals surface area contributed by atoms with Crippen molar-refractivity contribution in [2.24, 2.45) is 0 Å². The number of benzene rings is 1. The van der Waals surface area contributed by atoms with Gasteiger partial charge in [0.15, 0.2) is 0 Å². The zero-order valence-corrected chi connectivity index (χ0v) is 16.4. The number of pyridine rings is 1. The van der Waals surface area contributed by atoms with Crippen LogP contribution in [0.2, 0.25) is 0 Å².